The second kappa shape index (κ2) is 7.27. The number of carbonyl (C=O) groups excluding carboxylic acids is 1. The Kier molecular flexibility index (Phi) is 4.63. The molecule has 32 heavy (non-hydrogen) atoms. The summed E-state index contributed by atoms with van der Waals surface area (Å²) < 4.78 is 13.0. The van der Waals surface area contributed by atoms with E-state index < -0.39 is 11.6 Å². The standard InChI is InChI=1S/C24H24N4O4/c1-13-6-5-7-16(8-13)26-21(29)14(2)28-12-25-19-17-9-15-11-31-24(3,4)10-18(15)27-22(17)32-20(19)23(28)30/h5-9,12,14H,10-11H2,1-4H3,(H,26,29). The van der Waals surface area contributed by atoms with Crippen molar-refractivity contribution in [2.75, 3.05) is 5.32 Å². The van der Waals surface area contributed by atoms with Gasteiger partial charge in [0.2, 0.25) is 17.2 Å². The number of nitrogens with one attached hydrogen (secondary N) is 1. The highest BCUT2D eigenvalue weighted by atomic mass is 16.5. The summed E-state index contributed by atoms with van der Waals surface area (Å²) in [5.74, 6) is -0.317. The Morgan fingerprint density at radius 3 is 2.88 bits per heavy atom. The van der Waals surface area contributed by atoms with Crippen LogP contribution in [0.3, 0.4) is 0 Å². The van der Waals surface area contributed by atoms with Crippen LogP contribution in [0, 0.1) is 6.92 Å². The Balaban J connectivity index is 1.52. The number of benzene rings is 1. The molecule has 0 radical (unpaired) electrons. The van der Waals surface area contributed by atoms with Gasteiger partial charge in [-0.25, -0.2) is 9.97 Å². The van der Waals surface area contributed by atoms with Gasteiger partial charge in [0.1, 0.15) is 11.6 Å². The predicted molar refractivity (Wildman–Crippen MR) is 121 cm³/mol. The third-order valence-corrected chi connectivity index (χ3v) is 5.86. The fourth-order valence-corrected chi connectivity index (χ4v) is 4.03. The van der Waals surface area contributed by atoms with Crippen molar-refractivity contribution in [1.29, 1.82) is 0 Å². The first kappa shape index (κ1) is 20.4. The Hall–Kier alpha value is -3.52. The summed E-state index contributed by atoms with van der Waals surface area (Å²) in [7, 11) is 0. The number of pyridine rings is 1. The Morgan fingerprint density at radius 1 is 1.28 bits per heavy atom. The van der Waals surface area contributed by atoms with E-state index in [9.17, 15) is 9.59 Å². The van der Waals surface area contributed by atoms with Crippen molar-refractivity contribution in [2.45, 2.75) is 52.4 Å². The number of nitrogens with zero attached hydrogens (tertiary/aromatic N) is 3. The highest BCUT2D eigenvalue weighted by molar-refractivity contribution is 6.01. The maximum Gasteiger partial charge on any atom is 0.297 e. The molecule has 1 aliphatic heterocycles. The molecule has 1 unspecified atom stereocenters. The molecule has 1 N–H and O–H groups in total. The number of ether oxygens (including phenoxy) is 1. The molecule has 1 atom stereocenters. The second-order valence-corrected chi connectivity index (χ2v) is 8.94. The van der Waals surface area contributed by atoms with Crippen molar-refractivity contribution in [3.05, 3.63) is 63.8 Å². The summed E-state index contributed by atoms with van der Waals surface area (Å²) in [5.41, 5.74) is 3.75. The molecule has 3 aromatic heterocycles. The lowest BCUT2D eigenvalue weighted by atomic mass is 9.95. The van der Waals surface area contributed by atoms with E-state index in [2.05, 4.69) is 15.3 Å². The fourth-order valence-electron chi connectivity index (χ4n) is 4.03. The highest BCUT2D eigenvalue weighted by Gasteiger charge is 2.29. The van der Waals surface area contributed by atoms with Crippen molar-refractivity contribution in [3.8, 4) is 0 Å². The molecule has 1 aliphatic rings. The smallest absolute Gasteiger partial charge is 0.297 e. The van der Waals surface area contributed by atoms with Crippen molar-refractivity contribution in [2.24, 2.45) is 0 Å². The number of aromatic nitrogens is 3. The van der Waals surface area contributed by atoms with Gasteiger partial charge in [-0.15, -0.1) is 0 Å². The molecule has 1 amide bonds. The summed E-state index contributed by atoms with van der Waals surface area (Å²) in [6, 6.07) is 8.64. The number of hydrogen-bond acceptors (Lipinski definition) is 6. The highest BCUT2D eigenvalue weighted by Crippen LogP contribution is 2.32. The summed E-state index contributed by atoms with van der Waals surface area (Å²) in [6.07, 6.45) is 2.04. The molecule has 0 spiro atoms. The molecule has 5 rings (SSSR count). The molecule has 164 valence electrons. The lowest BCUT2D eigenvalue weighted by Gasteiger charge is -2.30. The van der Waals surface area contributed by atoms with E-state index in [1.54, 1.807) is 13.0 Å². The fraction of sp³-hybridized carbons (Fsp3) is 0.333. The lowest BCUT2D eigenvalue weighted by molar-refractivity contribution is -0.118. The SMILES string of the molecule is Cc1cccc(NC(=O)C(C)n2cnc3c(oc4nc5c(cc43)COC(C)(C)C5)c2=O)c1. The van der Waals surface area contributed by atoms with E-state index in [-0.39, 0.29) is 17.1 Å². The molecule has 0 saturated carbocycles. The van der Waals surface area contributed by atoms with Crippen LogP contribution in [-0.2, 0) is 22.6 Å². The number of carbonyl (C=O) groups is 1. The maximum atomic E-state index is 13.2. The Bertz CT molecular complexity index is 1430. The van der Waals surface area contributed by atoms with Gasteiger partial charge in [0.15, 0.2) is 0 Å². The molecular weight excluding hydrogens is 408 g/mol. The number of furan rings is 1. The Morgan fingerprint density at radius 2 is 2.09 bits per heavy atom. The van der Waals surface area contributed by atoms with Gasteiger partial charge in [0.25, 0.3) is 5.56 Å². The summed E-state index contributed by atoms with van der Waals surface area (Å²) in [5, 5.41) is 3.51. The predicted octanol–water partition coefficient (Wildman–Crippen LogP) is 3.90. The van der Waals surface area contributed by atoms with Crippen LogP contribution in [-0.4, -0.2) is 26.0 Å². The van der Waals surface area contributed by atoms with Gasteiger partial charge < -0.3 is 14.5 Å². The summed E-state index contributed by atoms with van der Waals surface area (Å²) in [4.78, 5) is 35.0. The lowest BCUT2D eigenvalue weighted by Crippen LogP contribution is -2.32. The zero-order valence-electron chi connectivity index (χ0n) is 18.4. The molecule has 0 saturated heterocycles. The van der Waals surface area contributed by atoms with Crippen molar-refractivity contribution >= 4 is 33.8 Å². The molecule has 0 fully saturated rings. The van der Waals surface area contributed by atoms with Gasteiger partial charge in [-0.3, -0.25) is 14.2 Å². The van der Waals surface area contributed by atoms with Crippen LogP contribution >= 0.6 is 0 Å². The van der Waals surface area contributed by atoms with Crippen LogP contribution in [0.2, 0.25) is 0 Å². The number of amides is 1. The van der Waals surface area contributed by atoms with E-state index in [4.69, 9.17) is 9.15 Å². The van der Waals surface area contributed by atoms with E-state index in [0.717, 1.165) is 16.8 Å². The van der Waals surface area contributed by atoms with Crippen molar-refractivity contribution < 1.29 is 13.9 Å². The monoisotopic (exact) mass is 432 g/mol. The van der Waals surface area contributed by atoms with Crippen LogP contribution < -0.4 is 10.9 Å². The molecule has 1 aromatic carbocycles. The number of rotatable bonds is 3. The second-order valence-electron chi connectivity index (χ2n) is 8.94. The van der Waals surface area contributed by atoms with Crippen molar-refractivity contribution in [1.82, 2.24) is 14.5 Å². The first-order valence-corrected chi connectivity index (χ1v) is 10.6. The average Bonchev–Trinajstić information content (AvgIpc) is 3.09. The van der Waals surface area contributed by atoms with Crippen LogP contribution in [0.25, 0.3) is 22.2 Å². The van der Waals surface area contributed by atoms with Crippen molar-refractivity contribution in [3.63, 3.8) is 0 Å². The van der Waals surface area contributed by atoms with Crippen LogP contribution in [0.15, 0.2) is 45.9 Å². The maximum absolute atomic E-state index is 13.2. The van der Waals surface area contributed by atoms with Crippen LogP contribution in [0.1, 0.15) is 43.6 Å². The third-order valence-electron chi connectivity index (χ3n) is 5.86. The minimum Gasteiger partial charge on any atom is -0.430 e. The Labute approximate surface area is 184 Å². The summed E-state index contributed by atoms with van der Waals surface area (Å²) >= 11 is 0. The summed E-state index contributed by atoms with van der Waals surface area (Å²) in [6.45, 7) is 8.08. The number of anilines is 1. The molecule has 4 heterocycles. The average molecular weight is 432 g/mol. The van der Waals surface area contributed by atoms with Gasteiger partial charge in [-0.2, -0.15) is 0 Å². The third kappa shape index (κ3) is 3.46. The van der Waals surface area contributed by atoms with E-state index in [0.29, 0.717) is 35.3 Å². The van der Waals surface area contributed by atoms with E-state index in [1.165, 1.54) is 10.9 Å². The molecule has 0 bridgehead atoms. The topological polar surface area (TPSA) is 99.2 Å². The van der Waals surface area contributed by atoms with Gasteiger partial charge in [0, 0.05) is 17.7 Å². The minimum atomic E-state index is -0.775. The number of hydrogen-bond donors (Lipinski definition) is 1. The van der Waals surface area contributed by atoms with E-state index in [1.807, 2.05) is 45.0 Å². The van der Waals surface area contributed by atoms with Crippen LogP contribution in [0.5, 0.6) is 0 Å². The molecule has 4 aromatic rings. The number of fused-ring (bicyclic) bond motifs is 4. The quantitative estimate of drug-likeness (QED) is 0.527. The van der Waals surface area contributed by atoms with E-state index >= 15 is 0 Å². The zero-order chi connectivity index (χ0) is 22.6. The normalized spacial score (nSPS) is 16.1. The minimum absolute atomic E-state index is 0.0905. The van der Waals surface area contributed by atoms with Gasteiger partial charge >= 0.3 is 0 Å². The van der Waals surface area contributed by atoms with Gasteiger partial charge in [-0.1, -0.05) is 12.1 Å². The molecule has 8 nitrogen and oxygen atoms in total. The van der Waals surface area contributed by atoms with Crippen LogP contribution in [0.4, 0.5) is 5.69 Å². The zero-order valence-corrected chi connectivity index (χ0v) is 18.4. The largest absolute Gasteiger partial charge is 0.430 e. The number of aryl methyl sites for hydroxylation is 1. The molecule has 0 aliphatic carbocycles. The van der Waals surface area contributed by atoms with Gasteiger partial charge in [-0.05, 0) is 51.5 Å². The molecular formula is C24H24N4O4. The first-order valence-electron chi connectivity index (χ1n) is 10.6. The van der Waals surface area contributed by atoms with Gasteiger partial charge in [0.05, 0.1) is 29.6 Å². The molecule has 8 heteroatoms. The first-order chi connectivity index (χ1) is 15.2.